The first-order valence-corrected chi connectivity index (χ1v) is 8.05. The summed E-state index contributed by atoms with van der Waals surface area (Å²) in [6.07, 6.45) is 1.76. The molecule has 1 atom stereocenters. The van der Waals surface area contributed by atoms with Crippen LogP contribution in [-0.2, 0) is 7.05 Å². The molecule has 0 amide bonds. The molecule has 0 aliphatic rings. The van der Waals surface area contributed by atoms with Crippen molar-refractivity contribution in [2.24, 2.45) is 7.05 Å². The van der Waals surface area contributed by atoms with Crippen molar-refractivity contribution < 1.29 is 5.11 Å². The number of nitrogens with one attached hydrogen (secondary N) is 2. The Morgan fingerprint density at radius 3 is 2.69 bits per heavy atom. The van der Waals surface area contributed by atoms with Crippen LogP contribution < -0.4 is 10.6 Å². The molecule has 3 heterocycles. The monoisotopic (exact) mass is 348 g/mol. The molecule has 0 spiro atoms. The van der Waals surface area contributed by atoms with Gasteiger partial charge < -0.3 is 15.7 Å². The lowest BCUT2D eigenvalue weighted by Crippen LogP contribution is -2.05. The maximum Gasteiger partial charge on any atom is 0.177 e. The molecule has 9 nitrogen and oxygen atoms in total. The molecule has 0 aliphatic carbocycles. The van der Waals surface area contributed by atoms with E-state index in [4.69, 9.17) is 7.85 Å². The summed E-state index contributed by atoms with van der Waals surface area (Å²) in [6, 6.07) is 4.21. The van der Waals surface area contributed by atoms with Gasteiger partial charge in [-0.05, 0) is 24.6 Å². The molecule has 26 heavy (non-hydrogen) atoms. The highest BCUT2D eigenvalue weighted by molar-refractivity contribution is 6.11. The van der Waals surface area contributed by atoms with E-state index in [1.807, 2.05) is 20.0 Å². The maximum absolute atomic E-state index is 9.77. The number of hydrogen-bond acceptors (Lipinski definition) is 7. The van der Waals surface area contributed by atoms with Crippen LogP contribution in [0.2, 0.25) is 0 Å². The zero-order chi connectivity index (χ0) is 18.4. The molecule has 0 aliphatic heterocycles. The van der Waals surface area contributed by atoms with Gasteiger partial charge in [-0.2, -0.15) is 15.0 Å². The number of anilines is 3. The number of nitrogens with zero attached hydrogens (tertiary/aromatic N) is 6. The molecule has 4 rings (SSSR count). The van der Waals surface area contributed by atoms with Gasteiger partial charge in [0, 0.05) is 26.2 Å². The Morgan fingerprint density at radius 2 is 1.96 bits per heavy atom. The fourth-order valence-corrected chi connectivity index (χ4v) is 2.87. The van der Waals surface area contributed by atoms with Crippen molar-refractivity contribution in [2.45, 2.75) is 12.9 Å². The molecule has 3 aromatic heterocycles. The number of aliphatic hydroxyl groups is 1. The zero-order valence-electron chi connectivity index (χ0n) is 14.6. The van der Waals surface area contributed by atoms with Crippen LogP contribution in [0.4, 0.5) is 17.2 Å². The minimum Gasteiger partial charge on any atom is -0.398 e. The van der Waals surface area contributed by atoms with Gasteiger partial charge in [0.15, 0.2) is 11.5 Å². The van der Waals surface area contributed by atoms with E-state index in [2.05, 4.69) is 30.9 Å². The number of aromatic nitrogens is 6. The molecule has 1 aromatic carbocycles. The maximum atomic E-state index is 9.77. The Labute approximate surface area is 150 Å². The Morgan fingerprint density at radius 1 is 1.15 bits per heavy atom. The van der Waals surface area contributed by atoms with E-state index in [1.54, 1.807) is 29.9 Å². The van der Waals surface area contributed by atoms with E-state index in [-0.39, 0.29) is 0 Å². The van der Waals surface area contributed by atoms with Crippen molar-refractivity contribution in [3.63, 3.8) is 0 Å². The highest BCUT2D eigenvalue weighted by atomic mass is 16.3. The van der Waals surface area contributed by atoms with Crippen LogP contribution in [0.1, 0.15) is 17.3 Å². The smallest absolute Gasteiger partial charge is 0.177 e. The van der Waals surface area contributed by atoms with Crippen molar-refractivity contribution in [3.8, 4) is 0 Å². The van der Waals surface area contributed by atoms with Gasteiger partial charge in [0.1, 0.15) is 18.9 Å². The third kappa shape index (κ3) is 2.64. The van der Waals surface area contributed by atoms with Crippen molar-refractivity contribution >= 4 is 41.7 Å². The molecular formula is C16H17BN8O. The van der Waals surface area contributed by atoms with Crippen LogP contribution in [0.5, 0.6) is 0 Å². The second-order valence-electron chi connectivity index (χ2n) is 6.02. The van der Waals surface area contributed by atoms with Crippen LogP contribution in [0.15, 0.2) is 24.4 Å². The summed E-state index contributed by atoms with van der Waals surface area (Å²) in [7, 11) is 9.20. The molecule has 0 bridgehead atoms. The lowest BCUT2D eigenvalue weighted by molar-refractivity contribution is 0.262. The minimum absolute atomic E-state index is 0.536. The first-order chi connectivity index (χ1) is 12.5. The van der Waals surface area contributed by atoms with E-state index in [9.17, 15) is 5.11 Å². The van der Waals surface area contributed by atoms with Crippen molar-refractivity contribution in [2.75, 3.05) is 17.7 Å². The summed E-state index contributed by atoms with van der Waals surface area (Å²) in [5.74, 6) is 0.596. The number of benzene rings is 1. The van der Waals surface area contributed by atoms with E-state index < -0.39 is 6.00 Å². The first kappa shape index (κ1) is 16.3. The SMILES string of the molecule is [B]C(O)c1cc(Nc2cc(NC)c3ncc(C)n3n2)c2nn(C)nc2c1. The fourth-order valence-electron chi connectivity index (χ4n) is 2.87. The van der Waals surface area contributed by atoms with Gasteiger partial charge in [-0.15, -0.1) is 5.10 Å². The van der Waals surface area contributed by atoms with Gasteiger partial charge in [-0.25, -0.2) is 9.50 Å². The van der Waals surface area contributed by atoms with Crippen molar-refractivity contribution in [1.29, 1.82) is 0 Å². The Bertz CT molecular complexity index is 1120. The quantitative estimate of drug-likeness (QED) is 0.477. The predicted molar refractivity (Wildman–Crippen MR) is 99.8 cm³/mol. The normalized spacial score (nSPS) is 12.6. The van der Waals surface area contributed by atoms with E-state index in [0.717, 1.165) is 17.0 Å². The van der Waals surface area contributed by atoms with Gasteiger partial charge >= 0.3 is 0 Å². The van der Waals surface area contributed by atoms with Crippen molar-refractivity contribution in [3.05, 3.63) is 35.7 Å². The highest BCUT2D eigenvalue weighted by Gasteiger charge is 2.14. The highest BCUT2D eigenvalue weighted by Crippen LogP contribution is 2.29. The minimum atomic E-state index is -1.11. The van der Waals surface area contributed by atoms with Gasteiger partial charge in [-0.1, -0.05) is 0 Å². The molecule has 0 saturated heterocycles. The third-order valence-corrected chi connectivity index (χ3v) is 4.12. The second-order valence-corrected chi connectivity index (χ2v) is 6.02. The number of fused-ring (bicyclic) bond motifs is 2. The number of aryl methyl sites for hydroxylation is 2. The summed E-state index contributed by atoms with van der Waals surface area (Å²) in [4.78, 5) is 5.83. The first-order valence-electron chi connectivity index (χ1n) is 8.05. The Balaban J connectivity index is 1.86. The van der Waals surface area contributed by atoms with E-state index in [0.29, 0.717) is 28.1 Å². The lowest BCUT2D eigenvalue weighted by atomic mass is 9.92. The Hall–Kier alpha value is -3.14. The topological polar surface area (TPSA) is 105 Å². The van der Waals surface area contributed by atoms with Gasteiger partial charge in [-0.3, -0.25) is 0 Å². The van der Waals surface area contributed by atoms with Gasteiger partial charge in [0.2, 0.25) is 0 Å². The molecule has 130 valence electrons. The zero-order valence-corrected chi connectivity index (χ0v) is 14.6. The largest absolute Gasteiger partial charge is 0.398 e. The predicted octanol–water partition coefficient (Wildman–Crippen LogP) is 1.26. The fraction of sp³-hybridized carbons (Fsp3) is 0.250. The van der Waals surface area contributed by atoms with Crippen LogP contribution in [-0.4, -0.2) is 49.6 Å². The molecule has 0 fully saturated rings. The van der Waals surface area contributed by atoms with E-state index >= 15 is 0 Å². The third-order valence-electron chi connectivity index (χ3n) is 4.12. The molecule has 2 radical (unpaired) electrons. The molecule has 10 heteroatoms. The van der Waals surface area contributed by atoms with E-state index in [1.165, 1.54) is 4.80 Å². The van der Waals surface area contributed by atoms with Gasteiger partial charge in [0.25, 0.3) is 0 Å². The molecule has 3 N–H and O–H groups in total. The van der Waals surface area contributed by atoms with Crippen LogP contribution in [0.25, 0.3) is 16.7 Å². The Kier molecular flexibility index (Phi) is 3.76. The van der Waals surface area contributed by atoms with Crippen molar-refractivity contribution in [1.82, 2.24) is 29.6 Å². The molecule has 1 unspecified atom stereocenters. The molecule has 0 saturated carbocycles. The summed E-state index contributed by atoms with van der Waals surface area (Å²) < 4.78 is 1.75. The number of rotatable bonds is 4. The lowest BCUT2D eigenvalue weighted by Gasteiger charge is -2.12. The molecule has 4 aromatic rings. The van der Waals surface area contributed by atoms with Crippen LogP contribution in [0.3, 0.4) is 0 Å². The van der Waals surface area contributed by atoms with Gasteiger partial charge in [0.05, 0.1) is 23.3 Å². The number of aliphatic hydroxyl groups excluding tert-OH is 1. The number of hydrogen-bond donors (Lipinski definition) is 3. The molecular weight excluding hydrogens is 331 g/mol. The summed E-state index contributed by atoms with van der Waals surface area (Å²) in [5.41, 5.74) is 4.97. The summed E-state index contributed by atoms with van der Waals surface area (Å²) >= 11 is 0. The standard InChI is InChI=1S/C16H17BN8O/c1-8-7-19-16-12(18-2)6-13(22-25(8)16)20-10-4-9(15(17)26)5-11-14(10)23-24(3)21-11/h4-7,15,18,26H,1-3H3,(H,20,22). The summed E-state index contributed by atoms with van der Waals surface area (Å²) in [5, 5.41) is 29.4. The summed E-state index contributed by atoms with van der Waals surface area (Å²) in [6.45, 7) is 1.93. The van der Waals surface area contributed by atoms with Crippen LogP contribution >= 0.6 is 0 Å². The second kappa shape index (κ2) is 5.99. The average Bonchev–Trinajstić information content (AvgIpc) is 3.16. The average molecular weight is 348 g/mol. The van der Waals surface area contributed by atoms with Crippen LogP contribution in [0, 0.1) is 6.92 Å². The number of imidazole rings is 1.